The smallest absolute Gasteiger partial charge is 0.159 e. The summed E-state index contributed by atoms with van der Waals surface area (Å²) in [7, 11) is 0. The van der Waals surface area contributed by atoms with Crippen LogP contribution in [0.2, 0.25) is 0 Å². The van der Waals surface area contributed by atoms with Crippen LogP contribution in [-0.4, -0.2) is 13.0 Å². The van der Waals surface area contributed by atoms with Crippen molar-refractivity contribution in [2.24, 2.45) is 0 Å². The third-order valence-electron chi connectivity index (χ3n) is 3.76. The van der Waals surface area contributed by atoms with Crippen molar-refractivity contribution in [1.29, 1.82) is 0 Å². The maximum absolute atomic E-state index is 10.7. The molecule has 5 heteroatoms. The molecule has 0 radical (unpaired) electrons. The van der Waals surface area contributed by atoms with Gasteiger partial charge in [-0.3, -0.25) is 4.79 Å². The van der Waals surface area contributed by atoms with Gasteiger partial charge in [-0.15, -0.1) is 12.6 Å². The first kappa shape index (κ1) is 16.9. The predicted molar refractivity (Wildman–Crippen MR) is 104 cm³/mol. The van der Waals surface area contributed by atoms with E-state index in [4.69, 9.17) is 10.5 Å². The molecule has 0 aliphatic carbocycles. The van der Waals surface area contributed by atoms with E-state index < -0.39 is 0 Å². The lowest BCUT2D eigenvalue weighted by Gasteiger charge is -2.15. The summed E-state index contributed by atoms with van der Waals surface area (Å²) in [6, 6.07) is 20.6. The third-order valence-corrected chi connectivity index (χ3v) is 4.06. The quantitative estimate of drug-likeness (QED) is 0.265. The van der Waals surface area contributed by atoms with E-state index >= 15 is 0 Å². The van der Waals surface area contributed by atoms with Crippen LogP contribution in [0.5, 0.6) is 5.75 Å². The van der Waals surface area contributed by atoms with Crippen molar-refractivity contribution >= 4 is 30.3 Å². The Balaban J connectivity index is 1.75. The van der Waals surface area contributed by atoms with Crippen LogP contribution in [0, 0.1) is 0 Å². The van der Waals surface area contributed by atoms with Gasteiger partial charge in [-0.05, 0) is 48.0 Å². The summed E-state index contributed by atoms with van der Waals surface area (Å²) in [5, 5.41) is 3.15. The van der Waals surface area contributed by atoms with Gasteiger partial charge in [0.15, 0.2) is 12.5 Å². The van der Waals surface area contributed by atoms with Crippen molar-refractivity contribution in [3.63, 3.8) is 0 Å². The molecular formula is C20H18N2O2S. The van der Waals surface area contributed by atoms with Gasteiger partial charge in [0.05, 0.1) is 5.69 Å². The zero-order valence-corrected chi connectivity index (χ0v) is 14.4. The molecule has 0 aromatic heterocycles. The number of benzene rings is 3. The molecule has 0 bridgehead atoms. The molecule has 0 fully saturated rings. The fraction of sp³-hybridized carbons (Fsp3) is 0.0500. The molecule has 0 unspecified atom stereocenters. The van der Waals surface area contributed by atoms with Gasteiger partial charge in [0.25, 0.3) is 0 Å². The fourth-order valence-electron chi connectivity index (χ4n) is 2.46. The molecule has 0 atom stereocenters. The maximum atomic E-state index is 10.7. The number of nitrogens with one attached hydrogen (secondary N) is 1. The second-order valence-corrected chi connectivity index (χ2v) is 5.99. The van der Waals surface area contributed by atoms with Crippen LogP contribution in [0.4, 0.5) is 11.4 Å². The third kappa shape index (κ3) is 4.14. The highest BCUT2D eigenvalue weighted by Crippen LogP contribution is 2.35. The van der Waals surface area contributed by atoms with Crippen molar-refractivity contribution in [3.8, 4) is 16.9 Å². The van der Waals surface area contributed by atoms with Gasteiger partial charge in [-0.25, -0.2) is 0 Å². The Morgan fingerprint density at radius 3 is 2.40 bits per heavy atom. The number of thiol groups is 1. The van der Waals surface area contributed by atoms with Crippen LogP contribution in [0.25, 0.3) is 11.1 Å². The second kappa shape index (κ2) is 7.77. The highest BCUT2D eigenvalue weighted by Gasteiger charge is 2.10. The molecule has 3 aromatic carbocycles. The zero-order valence-electron chi connectivity index (χ0n) is 13.5. The Kier molecular flexibility index (Phi) is 5.26. The summed E-state index contributed by atoms with van der Waals surface area (Å²) in [6.07, 6.45) is 0.813. The molecule has 0 amide bonds. The van der Waals surface area contributed by atoms with E-state index in [-0.39, 0.29) is 6.73 Å². The second-order valence-electron chi connectivity index (χ2n) is 5.48. The zero-order chi connectivity index (χ0) is 17.6. The van der Waals surface area contributed by atoms with E-state index in [9.17, 15) is 4.79 Å². The molecular weight excluding hydrogens is 332 g/mol. The molecule has 3 N–H and O–H groups in total. The first-order valence-electron chi connectivity index (χ1n) is 7.77. The monoisotopic (exact) mass is 350 g/mol. The molecule has 0 saturated heterocycles. The molecule has 0 saturated carbocycles. The topological polar surface area (TPSA) is 64.3 Å². The summed E-state index contributed by atoms with van der Waals surface area (Å²) in [5.41, 5.74) is 10.1. The number of carbonyl (C=O) groups is 1. The van der Waals surface area contributed by atoms with Gasteiger partial charge in [-0.1, -0.05) is 24.3 Å². The maximum Gasteiger partial charge on any atom is 0.159 e. The lowest BCUT2D eigenvalue weighted by atomic mass is 10.0. The number of ether oxygens (including phenoxy) is 1. The number of para-hydroxylation sites is 1. The first-order chi connectivity index (χ1) is 12.2. The average molecular weight is 350 g/mol. The first-order valence-corrected chi connectivity index (χ1v) is 8.22. The minimum atomic E-state index is 0.256. The van der Waals surface area contributed by atoms with Crippen LogP contribution in [0.15, 0.2) is 71.6 Å². The van der Waals surface area contributed by atoms with E-state index in [1.807, 2.05) is 54.6 Å². The molecule has 0 aliphatic rings. The molecule has 0 aliphatic heterocycles. The number of nitrogen functional groups attached to an aromatic ring is 1. The summed E-state index contributed by atoms with van der Waals surface area (Å²) in [6.45, 7) is 0.256. The SMILES string of the molecule is Nc1cccc(-c2ccc(S)cc2)c1OCNc1ccc(C=O)cc1. The number of anilines is 2. The van der Waals surface area contributed by atoms with Gasteiger partial charge >= 0.3 is 0 Å². The molecule has 4 nitrogen and oxygen atoms in total. The van der Waals surface area contributed by atoms with Crippen LogP contribution >= 0.6 is 12.6 Å². The van der Waals surface area contributed by atoms with E-state index in [1.165, 1.54) is 0 Å². The van der Waals surface area contributed by atoms with Gasteiger partial charge in [0.2, 0.25) is 0 Å². The van der Waals surface area contributed by atoms with Crippen molar-refractivity contribution in [3.05, 3.63) is 72.3 Å². The number of nitrogens with two attached hydrogens (primary N) is 1. The van der Waals surface area contributed by atoms with Crippen molar-refractivity contribution in [2.75, 3.05) is 17.8 Å². The fourth-order valence-corrected chi connectivity index (χ4v) is 2.60. The van der Waals surface area contributed by atoms with E-state index in [2.05, 4.69) is 17.9 Å². The minimum absolute atomic E-state index is 0.256. The van der Waals surface area contributed by atoms with Crippen LogP contribution in [-0.2, 0) is 0 Å². The average Bonchev–Trinajstić information content (AvgIpc) is 2.64. The standard InChI is InChI=1S/C20H18N2O2S/c21-19-3-1-2-18(15-6-10-17(25)11-7-15)20(19)24-13-22-16-8-4-14(12-23)5-9-16/h1-12,22,25H,13,21H2. The van der Waals surface area contributed by atoms with E-state index in [1.54, 1.807) is 12.1 Å². The highest BCUT2D eigenvalue weighted by atomic mass is 32.1. The lowest BCUT2D eigenvalue weighted by molar-refractivity contribution is 0.112. The minimum Gasteiger partial charge on any atom is -0.471 e. The molecule has 3 aromatic rings. The number of hydrogen-bond acceptors (Lipinski definition) is 5. The van der Waals surface area contributed by atoms with Crippen molar-refractivity contribution < 1.29 is 9.53 Å². The Bertz CT molecular complexity index is 862. The van der Waals surface area contributed by atoms with Gasteiger partial charge in [0, 0.05) is 21.7 Å². The summed E-state index contributed by atoms with van der Waals surface area (Å²) in [4.78, 5) is 11.6. The largest absolute Gasteiger partial charge is 0.471 e. The molecule has 0 heterocycles. The number of aldehydes is 1. The van der Waals surface area contributed by atoms with Crippen LogP contribution < -0.4 is 15.8 Å². The number of rotatable bonds is 6. The van der Waals surface area contributed by atoms with Crippen LogP contribution in [0.1, 0.15) is 10.4 Å². The van der Waals surface area contributed by atoms with E-state index in [0.29, 0.717) is 17.0 Å². The Morgan fingerprint density at radius 1 is 1.00 bits per heavy atom. The summed E-state index contributed by atoms with van der Waals surface area (Å²) >= 11 is 4.31. The lowest BCUT2D eigenvalue weighted by Crippen LogP contribution is -2.10. The summed E-state index contributed by atoms with van der Waals surface area (Å²) in [5.74, 6) is 0.631. The Hall–Kier alpha value is -2.92. The van der Waals surface area contributed by atoms with Crippen LogP contribution in [0.3, 0.4) is 0 Å². The molecule has 126 valence electrons. The Morgan fingerprint density at radius 2 is 1.72 bits per heavy atom. The predicted octanol–water partition coefficient (Wildman–Crippen LogP) is 4.49. The van der Waals surface area contributed by atoms with Gasteiger partial charge < -0.3 is 15.8 Å². The van der Waals surface area contributed by atoms with E-state index in [0.717, 1.165) is 28.0 Å². The molecule has 25 heavy (non-hydrogen) atoms. The van der Waals surface area contributed by atoms with Crippen molar-refractivity contribution in [2.45, 2.75) is 4.90 Å². The number of hydrogen-bond donors (Lipinski definition) is 3. The highest BCUT2D eigenvalue weighted by molar-refractivity contribution is 7.80. The van der Waals surface area contributed by atoms with Crippen molar-refractivity contribution in [1.82, 2.24) is 0 Å². The number of carbonyl (C=O) groups excluding carboxylic acids is 1. The molecule has 0 spiro atoms. The normalized spacial score (nSPS) is 10.3. The van der Waals surface area contributed by atoms with Gasteiger partial charge in [-0.2, -0.15) is 0 Å². The molecule has 3 rings (SSSR count). The summed E-state index contributed by atoms with van der Waals surface area (Å²) < 4.78 is 5.89. The Labute approximate surface area is 152 Å². The van der Waals surface area contributed by atoms with Gasteiger partial charge in [0.1, 0.15) is 6.29 Å².